The van der Waals surface area contributed by atoms with Crippen LogP contribution in [-0.2, 0) is 4.79 Å². The number of anilines is 3. The van der Waals surface area contributed by atoms with Crippen molar-refractivity contribution in [3.8, 4) is 5.75 Å². The molecule has 0 atom stereocenters. The van der Waals surface area contributed by atoms with Crippen LogP contribution < -0.4 is 15.4 Å². The molecule has 3 aromatic rings. The van der Waals surface area contributed by atoms with Gasteiger partial charge in [0.15, 0.2) is 6.61 Å². The number of nitrogens with zero attached hydrogens (tertiary/aromatic N) is 1. The van der Waals surface area contributed by atoms with E-state index < -0.39 is 0 Å². The van der Waals surface area contributed by atoms with Gasteiger partial charge in [0.2, 0.25) is 0 Å². The molecule has 2 aromatic carbocycles. The molecule has 0 fully saturated rings. The molecule has 5 nitrogen and oxygen atoms in total. The Balaban J connectivity index is 1.54. The maximum atomic E-state index is 11.9. The fourth-order valence-corrected chi connectivity index (χ4v) is 2.59. The molecular formula is C19H15Cl2N3O2. The maximum Gasteiger partial charge on any atom is 0.263 e. The molecule has 0 spiro atoms. The Labute approximate surface area is 160 Å². The van der Waals surface area contributed by atoms with Gasteiger partial charge < -0.3 is 15.4 Å². The van der Waals surface area contributed by atoms with E-state index in [0.717, 1.165) is 5.69 Å². The zero-order valence-electron chi connectivity index (χ0n) is 13.6. The zero-order chi connectivity index (χ0) is 18.4. The van der Waals surface area contributed by atoms with E-state index in [-0.39, 0.29) is 12.5 Å². The summed E-state index contributed by atoms with van der Waals surface area (Å²) < 4.78 is 5.39. The van der Waals surface area contributed by atoms with Crippen LogP contribution in [0.2, 0.25) is 10.0 Å². The molecule has 0 saturated carbocycles. The highest BCUT2D eigenvalue weighted by Gasteiger charge is 2.06. The molecule has 7 heteroatoms. The van der Waals surface area contributed by atoms with E-state index in [2.05, 4.69) is 15.6 Å². The monoisotopic (exact) mass is 387 g/mol. The predicted molar refractivity (Wildman–Crippen MR) is 105 cm³/mol. The largest absolute Gasteiger partial charge is 0.484 e. The standard InChI is InChI=1S/C19H15Cl2N3O2/c20-13-6-8-17(16(21)10-13)23-14-7-9-18(22-11-14)24-19(25)12-26-15-4-2-1-3-5-15/h1-11,23H,12H2,(H,22,24,25). The lowest BCUT2D eigenvalue weighted by molar-refractivity contribution is -0.118. The molecule has 132 valence electrons. The quantitative estimate of drug-likeness (QED) is 0.613. The van der Waals surface area contributed by atoms with Crippen molar-refractivity contribution in [1.29, 1.82) is 0 Å². The van der Waals surface area contributed by atoms with Crippen LogP contribution >= 0.6 is 23.2 Å². The van der Waals surface area contributed by atoms with Gasteiger partial charge in [-0.15, -0.1) is 0 Å². The first kappa shape index (κ1) is 18.0. The van der Waals surface area contributed by atoms with Crippen LogP contribution in [0.25, 0.3) is 0 Å². The minimum atomic E-state index is -0.289. The number of hydrogen-bond acceptors (Lipinski definition) is 4. The lowest BCUT2D eigenvalue weighted by Crippen LogP contribution is -2.20. The number of ether oxygens (including phenoxy) is 1. The van der Waals surface area contributed by atoms with Crippen molar-refractivity contribution in [2.75, 3.05) is 17.2 Å². The molecule has 26 heavy (non-hydrogen) atoms. The molecule has 3 rings (SSSR count). The summed E-state index contributed by atoms with van der Waals surface area (Å²) >= 11 is 12.0. The second kappa shape index (κ2) is 8.56. The van der Waals surface area contributed by atoms with Crippen LogP contribution in [-0.4, -0.2) is 17.5 Å². The molecule has 2 N–H and O–H groups in total. The smallest absolute Gasteiger partial charge is 0.263 e. The first-order valence-corrected chi connectivity index (χ1v) is 8.51. The Kier molecular flexibility index (Phi) is 5.94. The Bertz CT molecular complexity index is 887. The highest BCUT2D eigenvalue weighted by atomic mass is 35.5. The fraction of sp³-hybridized carbons (Fsp3) is 0.0526. The lowest BCUT2D eigenvalue weighted by atomic mass is 10.3. The van der Waals surface area contributed by atoms with E-state index in [1.165, 1.54) is 0 Å². The number of para-hydroxylation sites is 1. The number of halogens is 2. The SMILES string of the molecule is O=C(COc1ccccc1)Nc1ccc(Nc2ccc(Cl)cc2Cl)cn1. The molecule has 0 aliphatic heterocycles. The highest BCUT2D eigenvalue weighted by Crippen LogP contribution is 2.28. The number of amides is 1. The Morgan fingerprint density at radius 2 is 1.85 bits per heavy atom. The summed E-state index contributed by atoms with van der Waals surface area (Å²) in [6.07, 6.45) is 1.60. The summed E-state index contributed by atoms with van der Waals surface area (Å²) in [7, 11) is 0. The summed E-state index contributed by atoms with van der Waals surface area (Å²) in [6, 6.07) is 17.8. The predicted octanol–water partition coefficient (Wildman–Crippen LogP) is 5.15. The minimum absolute atomic E-state index is 0.0912. The van der Waals surface area contributed by atoms with Gasteiger partial charge in [0, 0.05) is 5.02 Å². The third kappa shape index (κ3) is 5.12. The minimum Gasteiger partial charge on any atom is -0.484 e. The van der Waals surface area contributed by atoms with Crippen molar-refractivity contribution < 1.29 is 9.53 Å². The first-order chi connectivity index (χ1) is 12.6. The molecule has 0 aliphatic rings. The second-order valence-electron chi connectivity index (χ2n) is 5.33. The van der Waals surface area contributed by atoms with Crippen molar-refractivity contribution in [2.45, 2.75) is 0 Å². The molecule has 0 unspecified atom stereocenters. The summed E-state index contributed by atoms with van der Waals surface area (Å²) in [4.78, 5) is 16.1. The Morgan fingerprint density at radius 1 is 1.04 bits per heavy atom. The third-order valence-electron chi connectivity index (χ3n) is 3.35. The van der Waals surface area contributed by atoms with Gasteiger partial charge in [-0.1, -0.05) is 41.4 Å². The van der Waals surface area contributed by atoms with Gasteiger partial charge in [-0.2, -0.15) is 0 Å². The van der Waals surface area contributed by atoms with E-state index >= 15 is 0 Å². The fourth-order valence-electron chi connectivity index (χ4n) is 2.13. The van der Waals surface area contributed by atoms with Gasteiger partial charge in [0.1, 0.15) is 11.6 Å². The van der Waals surface area contributed by atoms with Gasteiger partial charge in [0.05, 0.1) is 22.6 Å². The van der Waals surface area contributed by atoms with Crippen LogP contribution in [0.15, 0.2) is 66.9 Å². The van der Waals surface area contributed by atoms with Crippen molar-refractivity contribution in [3.05, 3.63) is 76.9 Å². The molecule has 1 heterocycles. The molecule has 0 aliphatic carbocycles. The number of carbonyl (C=O) groups is 1. The summed E-state index contributed by atoms with van der Waals surface area (Å²) in [6.45, 7) is -0.0912. The summed E-state index contributed by atoms with van der Waals surface area (Å²) in [5, 5.41) is 6.88. The van der Waals surface area contributed by atoms with Gasteiger partial charge in [-0.25, -0.2) is 4.98 Å². The summed E-state index contributed by atoms with van der Waals surface area (Å²) in [5.41, 5.74) is 1.44. The van der Waals surface area contributed by atoms with Crippen LogP contribution in [0.4, 0.5) is 17.2 Å². The van der Waals surface area contributed by atoms with E-state index in [9.17, 15) is 4.79 Å². The van der Waals surface area contributed by atoms with Crippen LogP contribution in [0, 0.1) is 0 Å². The van der Waals surface area contributed by atoms with E-state index in [1.807, 2.05) is 18.2 Å². The van der Waals surface area contributed by atoms with Crippen LogP contribution in [0.1, 0.15) is 0 Å². The number of pyridine rings is 1. The van der Waals surface area contributed by atoms with E-state index in [4.69, 9.17) is 27.9 Å². The number of rotatable bonds is 6. The highest BCUT2D eigenvalue weighted by molar-refractivity contribution is 6.36. The van der Waals surface area contributed by atoms with Gasteiger partial charge in [-0.3, -0.25) is 4.79 Å². The topological polar surface area (TPSA) is 63.2 Å². The molecule has 1 aromatic heterocycles. The first-order valence-electron chi connectivity index (χ1n) is 7.76. The number of carbonyl (C=O) groups excluding carboxylic acids is 1. The Morgan fingerprint density at radius 3 is 2.54 bits per heavy atom. The second-order valence-corrected chi connectivity index (χ2v) is 6.17. The summed E-state index contributed by atoms with van der Waals surface area (Å²) in [5.74, 6) is 0.775. The number of benzene rings is 2. The van der Waals surface area contributed by atoms with Crippen molar-refractivity contribution in [3.63, 3.8) is 0 Å². The van der Waals surface area contributed by atoms with E-state index in [0.29, 0.717) is 27.3 Å². The average molecular weight is 388 g/mol. The van der Waals surface area contributed by atoms with Gasteiger partial charge in [-0.05, 0) is 42.5 Å². The average Bonchev–Trinajstić information content (AvgIpc) is 2.65. The van der Waals surface area contributed by atoms with Crippen molar-refractivity contribution >= 4 is 46.3 Å². The normalized spacial score (nSPS) is 10.2. The van der Waals surface area contributed by atoms with E-state index in [1.54, 1.807) is 48.7 Å². The Hall–Kier alpha value is -2.76. The van der Waals surface area contributed by atoms with Crippen molar-refractivity contribution in [2.24, 2.45) is 0 Å². The maximum absolute atomic E-state index is 11.9. The van der Waals surface area contributed by atoms with Gasteiger partial charge >= 0.3 is 0 Å². The molecule has 0 saturated heterocycles. The van der Waals surface area contributed by atoms with Crippen LogP contribution in [0.3, 0.4) is 0 Å². The third-order valence-corrected chi connectivity index (χ3v) is 3.90. The molecular weight excluding hydrogens is 373 g/mol. The number of hydrogen-bond donors (Lipinski definition) is 2. The van der Waals surface area contributed by atoms with Crippen LogP contribution in [0.5, 0.6) is 5.75 Å². The molecule has 0 radical (unpaired) electrons. The lowest BCUT2D eigenvalue weighted by Gasteiger charge is -2.10. The van der Waals surface area contributed by atoms with Crippen molar-refractivity contribution in [1.82, 2.24) is 4.98 Å². The van der Waals surface area contributed by atoms with Gasteiger partial charge in [0.25, 0.3) is 5.91 Å². The number of nitrogens with one attached hydrogen (secondary N) is 2. The zero-order valence-corrected chi connectivity index (χ0v) is 15.1. The molecule has 1 amide bonds. The molecule has 0 bridgehead atoms. The number of aromatic nitrogens is 1.